The summed E-state index contributed by atoms with van der Waals surface area (Å²) in [5, 5.41) is 48.5. The summed E-state index contributed by atoms with van der Waals surface area (Å²) in [6, 6.07) is 3.22. The van der Waals surface area contributed by atoms with E-state index in [0.29, 0.717) is 18.8 Å². The Labute approximate surface area is 382 Å². The molecule has 1 fully saturated rings. The smallest absolute Gasteiger partial charge is 0.312 e. The molecular weight excluding hydrogens is 855 g/mol. The maximum Gasteiger partial charge on any atom is 0.312 e. The molecule has 8 rings (SSSR count). The van der Waals surface area contributed by atoms with Gasteiger partial charge >= 0.3 is 11.8 Å². The van der Waals surface area contributed by atoms with E-state index in [-0.39, 0.29) is 73.3 Å². The highest BCUT2D eigenvalue weighted by Gasteiger charge is 2.50. The molecule has 5 bridgehead atoms. The number of benzene rings is 3. The number of nitrogens with one attached hydrogen (secondary N) is 1. The van der Waals surface area contributed by atoms with Gasteiger partial charge in [0.05, 0.1) is 41.6 Å². The summed E-state index contributed by atoms with van der Waals surface area (Å²) in [4.78, 5) is 62.9. The van der Waals surface area contributed by atoms with Gasteiger partial charge in [-0.05, 0) is 32.8 Å². The summed E-state index contributed by atoms with van der Waals surface area (Å²) in [6.07, 6.45) is 5.04. The van der Waals surface area contributed by atoms with Crippen molar-refractivity contribution in [2.24, 2.45) is 23.7 Å². The fourth-order valence-electron chi connectivity index (χ4n) is 9.41. The van der Waals surface area contributed by atoms with Crippen LogP contribution in [0, 0.1) is 30.6 Å². The number of carbonyl (C=O) groups excluding carboxylic acids is 3. The van der Waals surface area contributed by atoms with Crippen LogP contribution in [0.3, 0.4) is 0 Å². The van der Waals surface area contributed by atoms with E-state index in [0.717, 1.165) is 12.8 Å². The van der Waals surface area contributed by atoms with E-state index in [9.17, 15) is 39.6 Å². The zero-order chi connectivity index (χ0) is 48.1. The lowest BCUT2D eigenvalue weighted by Crippen LogP contribution is -2.46. The number of hydrogen-bond acceptors (Lipinski definition) is 16. The summed E-state index contributed by atoms with van der Waals surface area (Å²) in [5.74, 6) is -7.89. The Balaban J connectivity index is 1.44. The van der Waals surface area contributed by atoms with Crippen LogP contribution < -0.4 is 20.4 Å². The third-order valence-electron chi connectivity index (χ3n) is 13.5. The number of hydrogen-bond donors (Lipinski definition) is 5. The predicted octanol–water partition coefficient (Wildman–Crippen LogP) is 6.27. The van der Waals surface area contributed by atoms with Gasteiger partial charge in [-0.1, -0.05) is 45.9 Å². The zero-order valence-corrected chi connectivity index (χ0v) is 38.8. The molecule has 5 aliphatic heterocycles. The summed E-state index contributed by atoms with van der Waals surface area (Å²) in [6.45, 7) is 13.7. The van der Waals surface area contributed by atoms with E-state index in [1.807, 2.05) is 0 Å². The number of carbonyl (C=O) groups is 3. The lowest BCUT2D eigenvalue weighted by molar-refractivity contribution is -0.160. The van der Waals surface area contributed by atoms with Gasteiger partial charge in [0.1, 0.15) is 40.3 Å². The molecule has 1 amide bonds. The molecule has 5 heterocycles. The van der Waals surface area contributed by atoms with E-state index in [2.05, 4.69) is 10.2 Å². The van der Waals surface area contributed by atoms with Crippen LogP contribution in [0.15, 0.2) is 57.5 Å². The Morgan fingerprint density at radius 2 is 1.64 bits per heavy atom. The number of allylic oxidation sites excluding steroid dienone is 2. The van der Waals surface area contributed by atoms with Crippen molar-refractivity contribution in [1.29, 1.82) is 0 Å². The van der Waals surface area contributed by atoms with Crippen LogP contribution in [0.2, 0.25) is 0 Å². The summed E-state index contributed by atoms with van der Waals surface area (Å²) in [7, 11) is 3.10. The van der Waals surface area contributed by atoms with Gasteiger partial charge in [0, 0.05) is 99.2 Å². The highest BCUT2D eigenvalue weighted by molar-refractivity contribution is 6.22. The Morgan fingerprint density at radius 1 is 0.939 bits per heavy atom. The topological polar surface area (TPSA) is 237 Å². The van der Waals surface area contributed by atoms with E-state index in [1.54, 1.807) is 59.1 Å². The second-order valence-corrected chi connectivity index (χ2v) is 18.0. The highest BCUT2D eigenvalue weighted by atomic mass is 16.7. The number of methoxy groups -OCH3 is 2. The maximum atomic E-state index is 14.8. The van der Waals surface area contributed by atoms with Gasteiger partial charge in [0.2, 0.25) is 5.43 Å². The number of aliphatic hydroxyl groups excluding tert-OH is 2. The van der Waals surface area contributed by atoms with Crippen molar-refractivity contribution in [2.45, 2.75) is 105 Å². The largest absolute Gasteiger partial charge is 0.507 e. The number of aliphatic hydroxyl groups is 2. The van der Waals surface area contributed by atoms with Gasteiger partial charge in [-0.2, -0.15) is 0 Å². The van der Waals surface area contributed by atoms with Crippen molar-refractivity contribution < 1.29 is 62.9 Å². The van der Waals surface area contributed by atoms with Crippen molar-refractivity contribution in [1.82, 2.24) is 4.98 Å². The van der Waals surface area contributed by atoms with Crippen LogP contribution in [-0.2, 0) is 28.5 Å². The molecule has 17 heteroatoms. The number of aromatic nitrogens is 1. The molecule has 5 N–H and O–H groups in total. The quantitative estimate of drug-likeness (QED) is 0.0862. The van der Waals surface area contributed by atoms with Crippen molar-refractivity contribution in [3.63, 3.8) is 0 Å². The normalized spacial score (nSPS) is 29.9. The number of rotatable bonds is 4. The van der Waals surface area contributed by atoms with Crippen LogP contribution in [0.1, 0.15) is 77.2 Å². The number of anilines is 2. The molecular formula is C49H59N3O14. The Kier molecular flexibility index (Phi) is 13.6. The fourth-order valence-corrected chi connectivity index (χ4v) is 9.41. The minimum absolute atomic E-state index is 0.0222. The molecule has 0 aromatic heterocycles. The molecule has 2 aromatic rings. The minimum Gasteiger partial charge on any atom is -0.507 e. The average molecular weight is 914 g/mol. The number of phenolic OH excluding ortho intramolecular Hbond substituents is 2. The van der Waals surface area contributed by atoms with Crippen LogP contribution in [-0.4, -0.2) is 107 Å². The molecule has 1 aliphatic carbocycles. The second-order valence-electron chi connectivity index (χ2n) is 18.0. The molecule has 66 heavy (non-hydrogen) atoms. The molecule has 354 valence electrons. The Morgan fingerprint density at radius 3 is 2.29 bits per heavy atom. The molecule has 0 saturated carbocycles. The van der Waals surface area contributed by atoms with Crippen molar-refractivity contribution in [2.75, 3.05) is 37.5 Å². The highest BCUT2D eigenvalue weighted by Crippen LogP contribution is 2.51. The molecule has 0 unspecified atom stereocenters. The number of amides is 1. The molecule has 1 saturated heterocycles. The van der Waals surface area contributed by atoms with Crippen LogP contribution in [0.4, 0.5) is 11.4 Å². The summed E-state index contributed by atoms with van der Waals surface area (Å²) < 4.78 is 35.9. The number of ether oxygens (including phenoxy) is 5. The number of piperidine rings is 1. The number of nitrogens with zero attached hydrogens (tertiary/aromatic N) is 2. The van der Waals surface area contributed by atoms with Gasteiger partial charge < -0.3 is 58.7 Å². The summed E-state index contributed by atoms with van der Waals surface area (Å²) >= 11 is 0. The molecule has 2 aromatic carbocycles. The minimum atomic E-state index is -2.08. The predicted molar refractivity (Wildman–Crippen MR) is 245 cm³/mol. The average Bonchev–Trinajstić information content (AvgIpc) is 3.56. The van der Waals surface area contributed by atoms with Crippen LogP contribution >= 0.6 is 0 Å². The Hall–Kier alpha value is -6.01. The number of Topliss-reactive ketones (excluding diaryl/α,β-unsaturated/α-hetero) is 1. The van der Waals surface area contributed by atoms with Gasteiger partial charge in [0.15, 0.2) is 11.3 Å². The van der Waals surface area contributed by atoms with Gasteiger partial charge in [-0.25, -0.2) is 4.98 Å². The van der Waals surface area contributed by atoms with Gasteiger partial charge in [-0.3, -0.25) is 19.2 Å². The zero-order valence-electron chi connectivity index (χ0n) is 38.8. The number of phenols is 2. The molecule has 0 radical (unpaired) electrons. The van der Waals surface area contributed by atoms with Crippen molar-refractivity contribution >= 4 is 50.9 Å². The van der Waals surface area contributed by atoms with Gasteiger partial charge in [-0.15, -0.1) is 0 Å². The van der Waals surface area contributed by atoms with E-state index >= 15 is 0 Å². The SMILES string of the molecule is COC1CCN(c2cc(O)c3nc4c5c6c7c(C)c(O)c5c(=O)c(c-4oc3c2)NC(=O)/C(C)=C\C=C\[C@H](C)[C@H](O)[C@@H](C)[C@@H](O)[C@@H](C)[C@H](OC(C)=O)[C@H](C)[C@@H](OC)/C=C/O[C@@](C)(O7)C6=O)CC1. The monoisotopic (exact) mass is 913 g/mol. The van der Waals surface area contributed by atoms with E-state index in [4.69, 9.17) is 33.1 Å². The lowest BCUT2D eigenvalue weighted by atomic mass is 9.78. The number of aromatic hydroxyl groups is 2. The second kappa shape index (κ2) is 18.7. The summed E-state index contributed by atoms with van der Waals surface area (Å²) in [5.41, 5.74) is -0.760. The van der Waals surface area contributed by atoms with Crippen LogP contribution in [0.25, 0.3) is 33.3 Å². The first-order chi connectivity index (χ1) is 31.2. The molecule has 17 nitrogen and oxygen atoms in total. The fraction of sp³-hybridized carbons (Fsp3) is 0.490. The van der Waals surface area contributed by atoms with E-state index in [1.165, 1.54) is 53.2 Å². The number of ketones is 1. The first kappa shape index (κ1) is 47.9. The molecule has 9 atom stereocenters. The number of fused-ring (bicyclic) bond motifs is 14. The van der Waals surface area contributed by atoms with Crippen molar-refractivity contribution in [3.8, 4) is 28.7 Å². The van der Waals surface area contributed by atoms with Gasteiger partial charge in [0.25, 0.3) is 11.7 Å². The van der Waals surface area contributed by atoms with Crippen molar-refractivity contribution in [3.05, 3.63) is 69.6 Å². The third kappa shape index (κ3) is 8.60. The third-order valence-corrected chi connectivity index (χ3v) is 13.5. The first-order valence-corrected chi connectivity index (χ1v) is 22.1. The van der Waals surface area contributed by atoms with Crippen LogP contribution in [0.5, 0.6) is 17.2 Å². The standard InChI is InChI=1S/C49H59N3O14/c1-22-12-11-13-23(2)48(60)51-39-43(58)35-34(38-46(39)65-33-21-29(20-31(54)37(33)50-38)52-17-14-30(61-9)15-18-52)36-45(27(6)42(35)57)66-49(8,47(36)59)63-19-16-32(62-10)24(3)44(64-28(7)53)26(5)41(56)25(4)40(22)55/h11-13,16,19-22,24-26,30,32,40-41,44,54-57H,14-15,17-18H2,1-10H3,(H,51,60)/b12-11+,19-16+,23-13-/t22-,24+,25+,26+,32-,40-,41+,44+,49-/m0/s1. The maximum absolute atomic E-state index is 14.8. The van der Waals surface area contributed by atoms with E-state index < -0.39 is 82.7 Å². The molecule has 6 aliphatic rings. The molecule has 0 spiro atoms. The first-order valence-electron chi connectivity index (χ1n) is 22.1. The lowest BCUT2D eigenvalue weighted by Gasteiger charge is -2.38. The number of esters is 1. The Bertz CT molecular complexity index is 2680.